The van der Waals surface area contributed by atoms with Gasteiger partial charge < -0.3 is 15.6 Å². The van der Waals surface area contributed by atoms with Crippen LogP contribution < -0.4 is 5.73 Å². The van der Waals surface area contributed by atoms with E-state index in [1.165, 1.54) is 0 Å². The van der Waals surface area contributed by atoms with Gasteiger partial charge in [0.15, 0.2) is 6.29 Å². The molecule has 4 heteroatoms. The van der Waals surface area contributed by atoms with Gasteiger partial charge in [0.2, 0.25) is 0 Å². The molecule has 0 aliphatic carbocycles. The fourth-order valence-corrected chi connectivity index (χ4v) is 1.20. The van der Waals surface area contributed by atoms with Crippen molar-refractivity contribution >= 4 is 11.8 Å². The van der Waals surface area contributed by atoms with Gasteiger partial charge in [-0.25, -0.2) is 0 Å². The van der Waals surface area contributed by atoms with Crippen LogP contribution in [0.2, 0.25) is 0 Å². The molecule has 2 atom stereocenters. The van der Waals surface area contributed by atoms with Crippen LogP contribution in [0.15, 0.2) is 0 Å². The molecule has 0 bridgehead atoms. The van der Waals surface area contributed by atoms with Gasteiger partial charge in [-0.15, -0.1) is 0 Å². The predicted octanol–water partition coefficient (Wildman–Crippen LogP) is 0.422. The van der Waals surface area contributed by atoms with Crippen molar-refractivity contribution in [2.24, 2.45) is 5.73 Å². The number of ether oxygens (including phenoxy) is 1. The third-order valence-corrected chi connectivity index (χ3v) is 2.00. The summed E-state index contributed by atoms with van der Waals surface area (Å²) in [5.41, 5.74) is 5.60. The van der Waals surface area contributed by atoms with Crippen LogP contribution in [0.4, 0.5) is 0 Å². The van der Waals surface area contributed by atoms with Crippen molar-refractivity contribution in [1.29, 1.82) is 0 Å². The SMILES string of the molecule is CCOC(O)[C@@H](N)CCSC. The van der Waals surface area contributed by atoms with Crippen molar-refractivity contribution in [1.82, 2.24) is 0 Å². The van der Waals surface area contributed by atoms with Crippen molar-refractivity contribution in [3.63, 3.8) is 0 Å². The molecule has 3 N–H and O–H groups in total. The van der Waals surface area contributed by atoms with Crippen molar-refractivity contribution in [2.45, 2.75) is 25.7 Å². The van der Waals surface area contributed by atoms with Gasteiger partial charge in [0.1, 0.15) is 0 Å². The Morgan fingerprint density at radius 1 is 1.64 bits per heavy atom. The second-order valence-corrected chi connectivity index (χ2v) is 3.28. The van der Waals surface area contributed by atoms with Crippen LogP contribution in [0.3, 0.4) is 0 Å². The van der Waals surface area contributed by atoms with Crippen LogP contribution in [0.25, 0.3) is 0 Å². The quantitative estimate of drug-likeness (QED) is 0.580. The van der Waals surface area contributed by atoms with Gasteiger partial charge >= 0.3 is 0 Å². The fourth-order valence-electron chi connectivity index (χ4n) is 0.691. The Morgan fingerprint density at radius 2 is 2.27 bits per heavy atom. The number of hydrogen-bond acceptors (Lipinski definition) is 4. The molecule has 68 valence electrons. The zero-order valence-electron chi connectivity index (χ0n) is 7.12. The van der Waals surface area contributed by atoms with Gasteiger partial charge in [-0.05, 0) is 25.4 Å². The van der Waals surface area contributed by atoms with E-state index in [2.05, 4.69) is 0 Å². The molecule has 0 heterocycles. The molecule has 0 fully saturated rings. The molecule has 0 rings (SSSR count). The number of aliphatic hydroxyl groups excluding tert-OH is 1. The van der Waals surface area contributed by atoms with Crippen LogP contribution in [0, 0.1) is 0 Å². The second-order valence-electron chi connectivity index (χ2n) is 2.29. The van der Waals surface area contributed by atoms with Gasteiger partial charge in [-0.3, -0.25) is 0 Å². The maximum absolute atomic E-state index is 9.19. The molecular formula is C7H17NO2S. The van der Waals surface area contributed by atoms with Gasteiger partial charge in [0, 0.05) is 6.61 Å². The van der Waals surface area contributed by atoms with E-state index >= 15 is 0 Å². The molecule has 1 unspecified atom stereocenters. The summed E-state index contributed by atoms with van der Waals surface area (Å²) in [7, 11) is 0. The third-order valence-electron chi connectivity index (χ3n) is 1.36. The minimum Gasteiger partial charge on any atom is -0.367 e. The largest absolute Gasteiger partial charge is 0.367 e. The highest BCUT2D eigenvalue weighted by molar-refractivity contribution is 7.98. The molecule has 11 heavy (non-hydrogen) atoms. The zero-order chi connectivity index (χ0) is 8.69. The zero-order valence-corrected chi connectivity index (χ0v) is 7.93. The first-order chi connectivity index (χ1) is 5.22. The number of aliphatic hydroxyl groups is 1. The van der Waals surface area contributed by atoms with Gasteiger partial charge in [-0.1, -0.05) is 0 Å². The van der Waals surface area contributed by atoms with Crippen molar-refractivity contribution in [3.05, 3.63) is 0 Å². The van der Waals surface area contributed by atoms with Crippen molar-refractivity contribution < 1.29 is 9.84 Å². The molecule has 0 aromatic rings. The lowest BCUT2D eigenvalue weighted by atomic mass is 10.2. The summed E-state index contributed by atoms with van der Waals surface area (Å²) < 4.78 is 4.92. The summed E-state index contributed by atoms with van der Waals surface area (Å²) in [6, 6.07) is -0.248. The summed E-state index contributed by atoms with van der Waals surface area (Å²) in [6.07, 6.45) is 2.01. The van der Waals surface area contributed by atoms with E-state index in [1.807, 2.05) is 13.2 Å². The molecule has 3 nitrogen and oxygen atoms in total. The Balaban J connectivity index is 3.38. The van der Waals surface area contributed by atoms with Crippen LogP contribution in [0.1, 0.15) is 13.3 Å². The molecule has 0 amide bonds. The highest BCUT2D eigenvalue weighted by Gasteiger charge is 2.12. The average Bonchev–Trinajstić information content (AvgIpc) is 2.00. The Hall–Kier alpha value is 0.230. The van der Waals surface area contributed by atoms with E-state index in [4.69, 9.17) is 10.5 Å². The van der Waals surface area contributed by atoms with E-state index in [-0.39, 0.29) is 6.04 Å². The Bertz CT molecular complexity index is 92.5. The minimum atomic E-state index is -0.799. The summed E-state index contributed by atoms with van der Waals surface area (Å²) in [6.45, 7) is 2.35. The summed E-state index contributed by atoms with van der Waals surface area (Å²) >= 11 is 1.72. The first-order valence-corrected chi connectivity index (χ1v) is 5.16. The summed E-state index contributed by atoms with van der Waals surface area (Å²) in [5, 5.41) is 9.19. The molecule has 0 radical (unpaired) electrons. The highest BCUT2D eigenvalue weighted by atomic mass is 32.2. The van der Waals surface area contributed by atoms with E-state index in [1.54, 1.807) is 11.8 Å². The fraction of sp³-hybridized carbons (Fsp3) is 1.00. The minimum absolute atomic E-state index is 0.248. The highest BCUT2D eigenvalue weighted by Crippen LogP contribution is 2.03. The maximum atomic E-state index is 9.19. The topological polar surface area (TPSA) is 55.5 Å². The van der Waals surface area contributed by atoms with Crippen LogP contribution >= 0.6 is 11.8 Å². The lowest BCUT2D eigenvalue weighted by Crippen LogP contribution is -2.37. The normalized spacial score (nSPS) is 16.4. The number of thioether (sulfide) groups is 1. The summed E-state index contributed by atoms with van der Waals surface area (Å²) in [4.78, 5) is 0. The lowest BCUT2D eigenvalue weighted by molar-refractivity contribution is -0.109. The van der Waals surface area contributed by atoms with E-state index in [0.717, 1.165) is 12.2 Å². The molecule has 0 saturated carbocycles. The maximum Gasteiger partial charge on any atom is 0.169 e. The van der Waals surface area contributed by atoms with Crippen LogP contribution in [-0.4, -0.2) is 36.1 Å². The van der Waals surface area contributed by atoms with Crippen LogP contribution in [0.5, 0.6) is 0 Å². The van der Waals surface area contributed by atoms with Gasteiger partial charge in [0.25, 0.3) is 0 Å². The molecular weight excluding hydrogens is 162 g/mol. The standard InChI is InChI=1S/C7H17NO2S/c1-3-10-7(9)6(8)4-5-11-2/h6-7,9H,3-5,8H2,1-2H3/t6-,7?/m0/s1. The van der Waals surface area contributed by atoms with Gasteiger partial charge in [-0.2, -0.15) is 11.8 Å². The van der Waals surface area contributed by atoms with E-state index in [9.17, 15) is 5.11 Å². The van der Waals surface area contributed by atoms with E-state index < -0.39 is 6.29 Å². The molecule has 0 spiro atoms. The monoisotopic (exact) mass is 179 g/mol. The average molecular weight is 179 g/mol. The van der Waals surface area contributed by atoms with Crippen LogP contribution in [-0.2, 0) is 4.74 Å². The number of nitrogens with two attached hydrogens (primary N) is 1. The number of hydrogen-bond donors (Lipinski definition) is 2. The first kappa shape index (κ1) is 11.2. The molecule has 0 saturated heterocycles. The van der Waals surface area contributed by atoms with Crippen molar-refractivity contribution in [3.8, 4) is 0 Å². The Labute approximate surface area is 72.3 Å². The smallest absolute Gasteiger partial charge is 0.169 e. The van der Waals surface area contributed by atoms with Crippen molar-refractivity contribution in [2.75, 3.05) is 18.6 Å². The second kappa shape index (κ2) is 6.91. The Kier molecular flexibility index (Phi) is 7.06. The number of rotatable bonds is 6. The first-order valence-electron chi connectivity index (χ1n) is 3.76. The molecule has 0 aromatic heterocycles. The third kappa shape index (κ3) is 5.49. The Morgan fingerprint density at radius 3 is 2.73 bits per heavy atom. The lowest BCUT2D eigenvalue weighted by Gasteiger charge is -2.17. The van der Waals surface area contributed by atoms with Gasteiger partial charge in [0.05, 0.1) is 6.04 Å². The molecule has 0 aliphatic heterocycles. The summed E-state index contributed by atoms with van der Waals surface area (Å²) in [5.74, 6) is 0.964. The molecule has 0 aromatic carbocycles. The van der Waals surface area contributed by atoms with E-state index in [0.29, 0.717) is 6.61 Å². The predicted molar refractivity (Wildman–Crippen MR) is 48.6 cm³/mol. The molecule has 0 aliphatic rings.